The maximum Gasteiger partial charge on any atom is 0.151 e. The Morgan fingerprint density at radius 2 is 1.95 bits per heavy atom. The number of carbonyl (C=O) groups excluding carboxylic acids is 1. The van der Waals surface area contributed by atoms with E-state index < -0.39 is 0 Å². The third-order valence-corrected chi connectivity index (χ3v) is 4.51. The number of nitrogens with zero attached hydrogens (tertiary/aromatic N) is 2. The van der Waals surface area contributed by atoms with Crippen molar-refractivity contribution in [1.82, 2.24) is 9.97 Å². The highest BCUT2D eigenvalue weighted by atomic mass is 79.9. The molecule has 3 rings (SSSR count). The molecule has 0 unspecified atom stereocenters. The van der Waals surface area contributed by atoms with E-state index in [1.165, 1.54) is 0 Å². The minimum absolute atomic E-state index is 0.641. The summed E-state index contributed by atoms with van der Waals surface area (Å²) >= 11 is 4.95. The van der Waals surface area contributed by atoms with Crippen molar-refractivity contribution in [3.05, 3.63) is 58.8 Å². The van der Waals surface area contributed by atoms with Gasteiger partial charge in [0.1, 0.15) is 11.4 Å². The smallest absolute Gasteiger partial charge is 0.151 e. The van der Waals surface area contributed by atoms with E-state index in [-0.39, 0.29) is 0 Å². The van der Waals surface area contributed by atoms with Gasteiger partial charge in [-0.05, 0) is 24.3 Å². The highest BCUT2D eigenvalue weighted by Gasteiger charge is 2.07. The normalized spacial score (nSPS) is 10.7. The molecule has 0 saturated heterocycles. The van der Waals surface area contributed by atoms with Crippen LogP contribution in [0.3, 0.4) is 0 Å². The van der Waals surface area contributed by atoms with Gasteiger partial charge in [-0.25, -0.2) is 9.97 Å². The molecule has 2 aromatic carbocycles. The first-order chi connectivity index (χ1) is 9.78. The average molecular weight is 345 g/mol. The lowest BCUT2D eigenvalue weighted by Gasteiger charge is -2.05. The first-order valence-electron chi connectivity index (χ1n) is 5.90. The monoisotopic (exact) mass is 344 g/mol. The molecule has 0 aliphatic rings. The number of aldehydes is 1. The lowest BCUT2D eigenvalue weighted by molar-refractivity contribution is 0.112. The second-order valence-electron chi connectivity index (χ2n) is 4.10. The molecule has 0 saturated carbocycles. The highest BCUT2D eigenvalue weighted by Crippen LogP contribution is 2.32. The van der Waals surface area contributed by atoms with Crippen LogP contribution >= 0.6 is 27.7 Å². The summed E-state index contributed by atoms with van der Waals surface area (Å²) in [5.74, 6) is 0. The topological polar surface area (TPSA) is 42.9 Å². The van der Waals surface area contributed by atoms with E-state index in [0.717, 1.165) is 31.6 Å². The minimum Gasteiger partial charge on any atom is -0.298 e. The fourth-order valence-corrected chi connectivity index (χ4v) is 3.38. The van der Waals surface area contributed by atoms with E-state index in [4.69, 9.17) is 0 Å². The summed E-state index contributed by atoms with van der Waals surface area (Å²) in [7, 11) is 0. The summed E-state index contributed by atoms with van der Waals surface area (Å²) in [6.07, 6.45) is 2.40. The van der Waals surface area contributed by atoms with Gasteiger partial charge in [-0.15, -0.1) is 0 Å². The lowest BCUT2D eigenvalue weighted by atomic mass is 10.2. The predicted octanol–water partition coefficient (Wildman–Crippen LogP) is 4.36. The predicted molar refractivity (Wildman–Crippen MR) is 83.2 cm³/mol. The average Bonchev–Trinajstić information content (AvgIpc) is 2.48. The second-order valence-corrected chi connectivity index (χ2v) is 6.02. The van der Waals surface area contributed by atoms with Crippen LogP contribution in [-0.2, 0) is 0 Å². The van der Waals surface area contributed by atoms with E-state index in [1.807, 2.05) is 36.4 Å². The van der Waals surface area contributed by atoms with Crippen molar-refractivity contribution < 1.29 is 4.79 Å². The number of carbonyl (C=O) groups is 1. The van der Waals surface area contributed by atoms with Gasteiger partial charge in [0.25, 0.3) is 0 Å². The molecule has 0 spiro atoms. The molecule has 0 atom stereocenters. The summed E-state index contributed by atoms with van der Waals surface area (Å²) in [5, 5.41) is 1.93. The molecule has 1 aromatic heterocycles. The van der Waals surface area contributed by atoms with Crippen molar-refractivity contribution in [3.8, 4) is 0 Å². The Morgan fingerprint density at radius 1 is 1.10 bits per heavy atom. The third-order valence-electron chi connectivity index (χ3n) is 2.82. The maximum absolute atomic E-state index is 10.8. The number of halogens is 1. The molecular weight excluding hydrogens is 336 g/mol. The van der Waals surface area contributed by atoms with Crippen LogP contribution in [0.5, 0.6) is 0 Å². The number of hydrogen-bond donors (Lipinski definition) is 0. The van der Waals surface area contributed by atoms with Crippen molar-refractivity contribution in [2.75, 3.05) is 0 Å². The Kier molecular flexibility index (Phi) is 3.80. The van der Waals surface area contributed by atoms with Crippen molar-refractivity contribution >= 4 is 44.9 Å². The molecule has 0 aliphatic heterocycles. The van der Waals surface area contributed by atoms with Gasteiger partial charge in [-0.3, -0.25) is 4.79 Å². The van der Waals surface area contributed by atoms with Gasteiger partial charge in [-0.1, -0.05) is 45.9 Å². The summed E-state index contributed by atoms with van der Waals surface area (Å²) in [5.41, 5.74) is 1.57. The Balaban J connectivity index is 2.01. The van der Waals surface area contributed by atoms with Crippen LogP contribution in [0, 0.1) is 0 Å². The van der Waals surface area contributed by atoms with Crippen molar-refractivity contribution in [2.24, 2.45) is 0 Å². The highest BCUT2D eigenvalue weighted by molar-refractivity contribution is 9.10. The second kappa shape index (κ2) is 5.73. The van der Waals surface area contributed by atoms with Crippen molar-refractivity contribution in [2.45, 2.75) is 9.92 Å². The molecule has 20 heavy (non-hydrogen) atoms. The van der Waals surface area contributed by atoms with E-state index >= 15 is 0 Å². The van der Waals surface area contributed by atoms with Gasteiger partial charge in [0.2, 0.25) is 0 Å². The van der Waals surface area contributed by atoms with Crippen LogP contribution < -0.4 is 0 Å². The molecule has 98 valence electrons. The van der Waals surface area contributed by atoms with Gasteiger partial charge in [0, 0.05) is 20.3 Å². The van der Waals surface area contributed by atoms with Crippen LogP contribution in [0.4, 0.5) is 0 Å². The number of benzene rings is 2. The van der Waals surface area contributed by atoms with E-state index in [2.05, 4.69) is 25.9 Å². The quantitative estimate of drug-likeness (QED) is 0.523. The summed E-state index contributed by atoms with van der Waals surface area (Å²) in [6.45, 7) is 0. The van der Waals surface area contributed by atoms with Crippen LogP contribution in [0.15, 0.2) is 63.2 Å². The van der Waals surface area contributed by atoms with Crippen molar-refractivity contribution in [1.29, 1.82) is 0 Å². The molecule has 3 aromatic rings. The molecule has 1 heterocycles. The SMILES string of the molecule is O=Cc1ccc(Sc2ncnc3ccccc23)cc1Br. The Hall–Kier alpha value is -1.72. The number of para-hydroxylation sites is 1. The zero-order valence-corrected chi connectivity index (χ0v) is 12.7. The van der Waals surface area contributed by atoms with Gasteiger partial charge < -0.3 is 0 Å². The molecule has 5 heteroatoms. The number of hydrogen-bond acceptors (Lipinski definition) is 4. The Bertz CT molecular complexity index is 786. The molecule has 0 amide bonds. The van der Waals surface area contributed by atoms with Crippen LogP contribution in [-0.4, -0.2) is 16.3 Å². The molecule has 0 aliphatic carbocycles. The van der Waals surface area contributed by atoms with E-state index in [1.54, 1.807) is 24.2 Å². The number of aromatic nitrogens is 2. The Morgan fingerprint density at radius 3 is 2.75 bits per heavy atom. The zero-order valence-electron chi connectivity index (χ0n) is 10.3. The zero-order chi connectivity index (χ0) is 13.9. The fourth-order valence-electron chi connectivity index (χ4n) is 1.84. The summed E-state index contributed by atoms with van der Waals surface area (Å²) < 4.78 is 0.788. The van der Waals surface area contributed by atoms with E-state index in [9.17, 15) is 4.79 Å². The molecular formula is C15H9BrN2OS. The van der Waals surface area contributed by atoms with Gasteiger partial charge in [0.05, 0.1) is 5.52 Å². The molecule has 3 nitrogen and oxygen atoms in total. The maximum atomic E-state index is 10.8. The Labute approximate surface area is 128 Å². The van der Waals surface area contributed by atoms with Gasteiger partial charge in [0.15, 0.2) is 6.29 Å². The summed E-state index contributed by atoms with van der Waals surface area (Å²) in [6, 6.07) is 13.5. The minimum atomic E-state index is 0.641. The van der Waals surface area contributed by atoms with Gasteiger partial charge >= 0.3 is 0 Å². The molecule has 0 radical (unpaired) electrons. The third kappa shape index (κ3) is 2.59. The molecule has 0 bridgehead atoms. The molecule has 0 N–H and O–H groups in total. The first kappa shape index (κ1) is 13.3. The van der Waals surface area contributed by atoms with E-state index in [0.29, 0.717) is 5.56 Å². The van der Waals surface area contributed by atoms with Crippen LogP contribution in [0.25, 0.3) is 10.9 Å². The summed E-state index contributed by atoms with van der Waals surface area (Å²) in [4.78, 5) is 20.4. The van der Waals surface area contributed by atoms with Crippen molar-refractivity contribution in [3.63, 3.8) is 0 Å². The standard InChI is InChI=1S/C15H9BrN2OS/c16-13-7-11(6-5-10(13)8-19)20-15-12-3-1-2-4-14(12)17-9-18-15/h1-9H. The largest absolute Gasteiger partial charge is 0.298 e. The van der Waals surface area contributed by atoms with Gasteiger partial charge in [-0.2, -0.15) is 0 Å². The number of rotatable bonds is 3. The fraction of sp³-hybridized carbons (Fsp3) is 0. The van der Waals surface area contributed by atoms with Crippen LogP contribution in [0.2, 0.25) is 0 Å². The number of fused-ring (bicyclic) bond motifs is 1. The first-order valence-corrected chi connectivity index (χ1v) is 7.51. The lowest BCUT2D eigenvalue weighted by Crippen LogP contribution is -1.87. The molecule has 0 fully saturated rings. The van der Waals surface area contributed by atoms with Crippen LogP contribution in [0.1, 0.15) is 10.4 Å².